The fourth-order valence-corrected chi connectivity index (χ4v) is 6.34. The van der Waals surface area contributed by atoms with Crippen molar-refractivity contribution in [2.45, 2.75) is 44.2 Å². The van der Waals surface area contributed by atoms with Crippen LogP contribution in [0.25, 0.3) is 0 Å². The number of nitrogens with one attached hydrogen (secondary N) is 2. The van der Waals surface area contributed by atoms with Gasteiger partial charge in [0, 0.05) is 24.6 Å². The van der Waals surface area contributed by atoms with Gasteiger partial charge in [-0.25, -0.2) is 0 Å². The Morgan fingerprint density at radius 1 is 1.33 bits per heavy atom. The molecular weight excluding hydrogens is 256 g/mol. The van der Waals surface area contributed by atoms with Crippen molar-refractivity contribution in [1.29, 1.82) is 0 Å². The van der Waals surface area contributed by atoms with Gasteiger partial charge in [-0.1, -0.05) is 31.2 Å². The molecule has 1 unspecified atom stereocenters. The number of hydrogen-bond acceptors (Lipinski definition) is 1. The molecule has 5 rings (SSSR count). The maximum atomic E-state index is 3.94. The molecule has 21 heavy (non-hydrogen) atoms. The summed E-state index contributed by atoms with van der Waals surface area (Å²) >= 11 is 0. The average Bonchev–Trinajstić information content (AvgIpc) is 3.07. The van der Waals surface area contributed by atoms with E-state index in [1.54, 1.807) is 11.1 Å². The van der Waals surface area contributed by atoms with Crippen molar-refractivity contribution in [3.05, 3.63) is 41.5 Å². The molecule has 1 aromatic rings. The largest absolute Gasteiger partial charge is 0.381 e. The second-order valence-corrected chi connectivity index (χ2v) is 7.66. The molecule has 2 N–H and O–H groups in total. The van der Waals surface area contributed by atoms with Crippen LogP contribution in [0.2, 0.25) is 0 Å². The lowest BCUT2D eigenvalue weighted by Crippen LogP contribution is -3.16. The van der Waals surface area contributed by atoms with Crippen molar-refractivity contribution < 1.29 is 4.90 Å². The lowest BCUT2D eigenvalue weighted by atomic mass is 9.56. The van der Waals surface area contributed by atoms with Gasteiger partial charge in [-0.15, -0.1) is 0 Å². The summed E-state index contributed by atoms with van der Waals surface area (Å²) in [4.78, 5) is 1.86. The average molecular weight is 281 g/mol. The molecule has 110 valence electrons. The van der Waals surface area contributed by atoms with E-state index in [2.05, 4.69) is 49.5 Å². The second kappa shape index (κ2) is 3.92. The van der Waals surface area contributed by atoms with Gasteiger partial charge in [-0.05, 0) is 36.0 Å². The number of quaternary nitrogens is 1. The zero-order valence-electron chi connectivity index (χ0n) is 13.0. The molecular formula is C19H25N2+. The fourth-order valence-electron chi connectivity index (χ4n) is 6.34. The van der Waals surface area contributed by atoms with E-state index in [0.29, 0.717) is 11.5 Å². The number of rotatable bonds is 0. The number of benzene rings is 1. The first-order valence-corrected chi connectivity index (χ1v) is 8.61. The van der Waals surface area contributed by atoms with E-state index < -0.39 is 0 Å². The molecule has 0 amide bonds. The van der Waals surface area contributed by atoms with Crippen molar-refractivity contribution >= 4 is 5.69 Å². The van der Waals surface area contributed by atoms with Crippen molar-refractivity contribution in [2.24, 2.45) is 11.8 Å². The van der Waals surface area contributed by atoms with Gasteiger partial charge in [-0.2, -0.15) is 0 Å². The Bertz CT molecular complexity index is 634. The zero-order chi connectivity index (χ0) is 14.2. The maximum Gasteiger partial charge on any atom is 0.100 e. The van der Waals surface area contributed by atoms with E-state index in [9.17, 15) is 0 Å². The van der Waals surface area contributed by atoms with Crippen LogP contribution >= 0.6 is 0 Å². The Kier molecular flexibility index (Phi) is 2.29. The van der Waals surface area contributed by atoms with Gasteiger partial charge < -0.3 is 10.2 Å². The molecule has 2 heteroatoms. The third-order valence-electron chi connectivity index (χ3n) is 7.20. The van der Waals surface area contributed by atoms with E-state index in [1.165, 1.54) is 31.6 Å². The highest BCUT2D eigenvalue weighted by atomic mass is 15.2. The highest BCUT2D eigenvalue weighted by Gasteiger charge is 2.67. The Morgan fingerprint density at radius 2 is 2.19 bits per heavy atom. The molecule has 2 saturated heterocycles. The first-order chi connectivity index (χ1) is 10.3. The lowest BCUT2D eigenvalue weighted by molar-refractivity contribution is -0.916. The molecule has 3 heterocycles. The summed E-state index contributed by atoms with van der Waals surface area (Å²) in [5.74, 6) is 1.56. The summed E-state index contributed by atoms with van der Waals surface area (Å²) < 4.78 is 0. The van der Waals surface area contributed by atoms with Crippen LogP contribution in [0.4, 0.5) is 5.69 Å². The van der Waals surface area contributed by atoms with Gasteiger partial charge >= 0.3 is 0 Å². The predicted octanol–water partition coefficient (Wildman–Crippen LogP) is 1.99. The van der Waals surface area contributed by atoms with Gasteiger partial charge in [0.25, 0.3) is 0 Å². The molecule has 6 atom stereocenters. The van der Waals surface area contributed by atoms with Crippen LogP contribution in [-0.2, 0) is 5.41 Å². The third kappa shape index (κ3) is 1.29. The van der Waals surface area contributed by atoms with Gasteiger partial charge in [0.1, 0.15) is 6.04 Å². The lowest BCUT2D eigenvalue weighted by Gasteiger charge is -2.51. The van der Waals surface area contributed by atoms with Crippen LogP contribution in [-0.4, -0.2) is 25.2 Å². The van der Waals surface area contributed by atoms with Crippen LogP contribution < -0.4 is 10.2 Å². The third-order valence-corrected chi connectivity index (χ3v) is 7.20. The minimum Gasteiger partial charge on any atom is -0.381 e. The van der Waals surface area contributed by atoms with Crippen LogP contribution in [0.5, 0.6) is 0 Å². The zero-order valence-corrected chi connectivity index (χ0v) is 13.0. The summed E-state index contributed by atoms with van der Waals surface area (Å²) in [6, 6.07) is 10.6. The SMILES string of the molecule is C/C=C1\C[NH+]2CC[C@]34c5ccccc5N[C@H]3[C@@H](C)[C@H]1C[C@H]24. The second-order valence-electron chi connectivity index (χ2n) is 7.66. The van der Waals surface area contributed by atoms with Gasteiger partial charge in [0.05, 0.1) is 18.5 Å². The van der Waals surface area contributed by atoms with Crippen molar-refractivity contribution in [3.63, 3.8) is 0 Å². The number of para-hydroxylation sites is 1. The number of anilines is 1. The molecule has 4 aliphatic rings. The molecule has 2 bridgehead atoms. The van der Waals surface area contributed by atoms with E-state index >= 15 is 0 Å². The number of hydrogen-bond donors (Lipinski definition) is 2. The topological polar surface area (TPSA) is 16.5 Å². The van der Waals surface area contributed by atoms with Crippen molar-refractivity contribution in [1.82, 2.24) is 0 Å². The highest BCUT2D eigenvalue weighted by molar-refractivity contribution is 5.64. The smallest absolute Gasteiger partial charge is 0.100 e. The van der Waals surface area contributed by atoms with Crippen LogP contribution in [0.15, 0.2) is 35.9 Å². The Hall–Kier alpha value is -1.28. The molecule has 1 aromatic carbocycles. The minimum absolute atomic E-state index is 0.418. The molecule has 3 fully saturated rings. The van der Waals surface area contributed by atoms with E-state index in [1.807, 2.05) is 4.90 Å². The van der Waals surface area contributed by atoms with Crippen molar-refractivity contribution in [2.75, 3.05) is 18.4 Å². The monoisotopic (exact) mass is 281 g/mol. The minimum atomic E-state index is 0.418. The van der Waals surface area contributed by atoms with Crippen molar-refractivity contribution in [3.8, 4) is 0 Å². The van der Waals surface area contributed by atoms with Gasteiger partial charge in [0.15, 0.2) is 0 Å². The predicted molar refractivity (Wildman–Crippen MR) is 85.7 cm³/mol. The van der Waals surface area contributed by atoms with Crippen LogP contribution in [0.1, 0.15) is 32.3 Å². The quantitative estimate of drug-likeness (QED) is 0.695. The summed E-state index contributed by atoms with van der Waals surface area (Å²) in [5.41, 5.74) is 5.19. The van der Waals surface area contributed by atoms with Crippen LogP contribution in [0.3, 0.4) is 0 Å². The molecule has 0 radical (unpaired) electrons. The molecule has 0 aromatic heterocycles. The molecule has 2 nitrogen and oxygen atoms in total. The maximum absolute atomic E-state index is 3.94. The fraction of sp³-hybridized carbons (Fsp3) is 0.579. The first kappa shape index (κ1) is 12.3. The van der Waals surface area contributed by atoms with E-state index in [-0.39, 0.29) is 0 Å². The van der Waals surface area contributed by atoms with Gasteiger partial charge in [-0.3, -0.25) is 0 Å². The van der Waals surface area contributed by atoms with E-state index in [4.69, 9.17) is 0 Å². The first-order valence-electron chi connectivity index (χ1n) is 8.61. The molecule has 1 spiro atoms. The Morgan fingerprint density at radius 3 is 3.05 bits per heavy atom. The molecule has 3 aliphatic heterocycles. The highest BCUT2D eigenvalue weighted by Crippen LogP contribution is 2.56. The van der Waals surface area contributed by atoms with Crippen LogP contribution in [0, 0.1) is 11.8 Å². The number of piperidine rings is 1. The summed E-state index contributed by atoms with van der Waals surface area (Å²) in [6.45, 7) is 7.40. The Labute approximate surface area is 127 Å². The molecule has 1 saturated carbocycles. The standard InChI is InChI=1S/C19H24N2/c1-3-13-11-21-9-8-19-15-6-4-5-7-16(15)20-18(19)12(2)14(13)10-17(19)21/h3-7,12,14,17-18,20H,8-11H2,1-2H3/p+1/b13-3+/t12-,14+,17-,18-,19+/m0/s1. The number of allylic oxidation sites excluding steroid dienone is 1. The van der Waals surface area contributed by atoms with E-state index in [0.717, 1.165) is 17.9 Å². The summed E-state index contributed by atoms with van der Waals surface area (Å²) in [7, 11) is 0. The summed E-state index contributed by atoms with van der Waals surface area (Å²) in [5, 5.41) is 3.94. The Balaban J connectivity index is 1.71. The molecule has 1 aliphatic carbocycles. The van der Waals surface area contributed by atoms with Gasteiger partial charge in [0.2, 0.25) is 0 Å². The normalized spacial score (nSPS) is 47.9. The summed E-state index contributed by atoms with van der Waals surface area (Å²) in [6.07, 6.45) is 5.19. The number of fused-ring (bicyclic) bond motifs is 2.